The van der Waals surface area contributed by atoms with Gasteiger partial charge in [-0.25, -0.2) is 9.97 Å². The van der Waals surface area contributed by atoms with Crippen LogP contribution in [0, 0.1) is 0 Å². The highest BCUT2D eigenvalue weighted by Crippen LogP contribution is 2.36. The van der Waals surface area contributed by atoms with Crippen molar-refractivity contribution < 1.29 is 4.74 Å². The minimum absolute atomic E-state index is 0.529. The van der Waals surface area contributed by atoms with Crippen LogP contribution in [-0.2, 0) is 6.42 Å². The number of anilines is 1. The summed E-state index contributed by atoms with van der Waals surface area (Å²) in [4.78, 5) is 10.0. The zero-order chi connectivity index (χ0) is 20.2. The van der Waals surface area contributed by atoms with Gasteiger partial charge in [0.15, 0.2) is 0 Å². The lowest BCUT2D eigenvalue weighted by Gasteiger charge is -2.10. The SMILES string of the molecule is COc1ccc(CCNc2ncnc3scc(-c4ccc(C(C)C)cc4)c23)cc1. The summed E-state index contributed by atoms with van der Waals surface area (Å²) < 4.78 is 5.23. The summed E-state index contributed by atoms with van der Waals surface area (Å²) in [7, 11) is 1.69. The van der Waals surface area contributed by atoms with Crippen LogP contribution in [0.5, 0.6) is 5.75 Å². The molecule has 0 spiro atoms. The van der Waals surface area contributed by atoms with Crippen LogP contribution in [-0.4, -0.2) is 23.6 Å². The predicted octanol–water partition coefficient (Wildman–Crippen LogP) is 6.14. The number of nitrogens with one attached hydrogen (secondary N) is 1. The highest BCUT2D eigenvalue weighted by atomic mass is 32.1. The molecule has 0 aliphatic heterocycles. The number of ether oxygens (including phenoxy) is 1. The van der Waals surface area contributed by atoms with E-state index in [-0.39, 0.29) is 0 Å². The molecule has 1 N–H and O–H groups in total. The van der Waals surface area contributed by atoms with Crippen LogP contribution in [0.1, 0.15) is 30.9 Å². The molecule has 4 aromatic rings. The summed E-state index contributed by atoms with van der Waals surface area (Å²) in [5, 5.41) is 6.80. The second-order valence-electron chi connectivity index (χ2n) is 7.35. The maximum Gasteiger partial charge on any atom is 0.138 e. The van der Waals surface area contributed by atoms with E-state index in [1.165, 1.54) is 22.3 Å². The quantitative estimate of drug-likeness (QED) is 0.402. The Balaban J connectivity index is 1.55. The van der Waals surface area contributed by atoms with Gasteiger partial charge in [-0.1, -0.05) is 50.2 Å². The Kier molecular flexibility index (Phi) is 5.76. The van der Waals surface area contributed by atoms with Gasteiger partial charge < -0.3 is 10.1 Å². The van der Waals surface area contributed by atoms with Gasteiger partial charge in [-0.3, -0.25) is 0 Å². The van der Waals surface area contributed by atoms with E-state index in [1.54, 1.807) is 24.8 Å². The molecular weight excluding hydrogens is 378 g/mol. The summed E-state index contributed by atoms with van der Waals surface area (Å²) in [5.74, 6) is 2.31. The molecule has 0 amide bonds. The van der Waals surface area contributed by atoms with Crippen LogP contribution in [0.4, 0.5) is 5.82 Å². The lowest BCUT2D eigenvalue weighted by molar-refractivity contribution is 0.414. The van der Waals surface area contributed by atoms with Gasteiger partial charge in [0.2, 0.25) is 0 Å². The van der Waals surface area contributed by atoms with Gasteiger partial charge in [0.1, 0.15) is 22.7 Å². The molecular formula is C24H25N3OS. The fourth-order valence-electron chi connectivity index (χ4n) is 3.39. The van der Waals surface area contributed by atoms with Crippen molar-refractivity contribution in [3.05, 3.63) is 71.4 Å². The second-order valence-corrected chi connectivity index (χ2v) is 8.21. The van der Waals surface area contributed by atoms with Gasteiger partial charge in [-0.05, 0) is 41.2 Å². The molecule has 0 bridgehead atoms. The first-order valence-electron chi connectivity index (χ1n) is 9.85. The second kappa shape index (κ2) is 8.62. The summed E-state index contributed by atoms with van der Waals surface area (Å²) in [6.45, 7) is 5.24. The Hall–Kier alpha value is -2.92. The van der Waals surface area contributed by atoms with Crippen molar-refractivity contribution >= 4 is 27.4 Å². The van der Waals surface area contributed by atoms with Crippen molar-refractivity contribution in [2.24, 2.45) is 0 Å². The van der Waals surface area contributed by atoms with E-state index in [1.807, 2.05) is 12.1 Å². The third-order valence-corrected chi connectivity index (χ3v) is 6.01. The Morgan fingerprint density at radius 3 is 2.45 bits per heavy atom. The molecule has 0 fully saturated rings. The maximum atomic E-state index is 5.23. The Morgan fingerprint density at radius 2 is 1.76 bits per heavy atom. The molecule has 0 saturated carbocycles. The van der Waals surface area contributed by atoms with Gasteiger partial charge in [0.25, 0.3) is 0 Å². The molecule has 0 aliphatic rings. The van der Waals surface area contributed by atoms with Crippen molar-refractivity contribution in [1.82, 2.24) is 9.97 Å². The van der Waals surface area contributed by atoms with E-state index in [0.29, 0.717) is 5.92 Å². The largest absolute Gasteiger partial charge is 0.497 e. The van der Waals surface area contributed by atoms with E-state index < -0.39 is 0 Å². The fourth-order valence-corrected chi connectivity index (χ4v) is 4.30. The van der Waals surface area contributed by atoms with Gasteiger partial charge >= 0.3 is 0 Å². The first-order valence-corrected chi connectivity index (χ1v) is 10.7. The summed E-state index contributed by atoms with van der Waals surface area (Å²) >= 11 is 1.66. The zero-order valence-corrected chi connectivity index (χ0v) is 17.8. The van der Waals surface area contributed by atoms with Crippen LogP contribution in [0.15, 0.2) is 60.2 Å². The summed E-state index contributed by atoms with van der Waals surface area (Å²) in [6.07, 6.45) is 2.55. The smallest absolute Gasteiger partial charge is 0.138 e. The lowest BCUT2D eigenvalue weighted by atomic mass is 9.99. The lowest BCUT2D eigenvalue weighted by Crippen LogP contribution is -2.07. The van der Waals surface area contributed by atoms with Gasteiger partial charge in [-0.2, -0.15) is 0 Å². The fraction of sp³-hybridized carbons (Fsp3) is 0.250. The van der Waals surface area contributed by atoms with Crippen LogP contribution in [0.25, 0.3) is 21.3 Å². The number of rotatable bonds is 7. The Labute approximate surface area is 175 Å². The summed E-state index contributed by atoms with van der Waals surface area (Å²) in [5.41, 5.74) is 5.00. The number of fused-ring (bicyclic) bond motifs is 1. The van der Waals surface area contributed by atoms with Crippen LogP contribution < -0.4 is 10.1 Å². The minimum atomic E-state index is 0.529. The zero-order valence-electron chi connectivity index (χ0n) is 17.0. The Bertz CT molecular complexity index is 1090. The van der Waals surface area contributed by atoms with E-state index in [2.05, 4.69) is 70.9 Å². The summed E-state index contributed by atoms with van der Waals surface area (Å²) in [6, 6.07) is 17.0. The molecule has 148 valence electrons. The maximum absolute atomic E-state index is 5.23. The van der Waals surface area contributed by atoms with E-state index in [0.717, 1.165) is 34.7 Å². The number of nitrogens with zero attached hydrogens (tertiary/aromatic N) is 2. The topological polar surface area (TPSA) is 47.0 Å². The first-order chi connectivity index (χ1) is 14.2. The number of methoxy groups -OCH3 is 1. The number of thiophene rings is 1. The molecule has 4 nitrogen and oxygen atoms in total. The standard InChI is InChI=1S/C24H25N3OS/c1-16(2)18-6-8-19(9-7-18)21-14-29-24-22(21)23(26-15-27-24)25-13-12-17-4-10-20(28-3)11-5-17/h4-11,14-16H,12-13H2,1-3H3,(H,25,26,27). The monoisotopic (exact) mass is 403 g/mol. The molecule has 29 heavy (non-hydrogen) atoms. The minimum Gasteiger partial charge on any atom is -0.497 e. The number of benzene rings is 2. The van der Waals surface area contributed by atoms with Gasteiger partial charge in [0, 0.05) is 17.5 Å². The molecule has 2 aromatic heterocycles. The predicted molar refractivity (Wildman–Crippen MR) is 122 cm³/mol. The van der Waals surface area contributed by atoms with Gasteiger partial charge in [0.05, 0.1) is 12.5 Å². The van der Waals surface area contributed by atoms with Crippen molar-refractivity contribution in [3.8, 4) is 16.9 Å². The van der Waals surface area contributed by atoms with E-state index in [4.69, 9.17) is 4.74 Å². The normalized spacial score (nSPS) is 11.2. The van der Waals surface area contributed by atoms with Crippen molar-refractivity contribution in [1.29, 1.82) is 0 Å². The number of aromatic nitrogens is 2. The Morgan fingerprint density at radius 1 is 1.00 bits per heavy atom. The number of hydrogen-bond acceptors (Lipinski definition) is 5. The van der Waals surface area contributed by atoms with Crippen molar-refractivity contribution in [3.63, 3.8) is 0 Å². The van der Waals surface area contributed by atoms with Crippen LogP contribution >= 0.6 is 11.3 Å². The molecule has 4 rings (SSSR count). The molecule has 0 aliphatic carbocycles. The molecule has 0 radical (unpaired) electrons. The highest BCUT2D eigenvalue weighted by Gasteiger charge is 2.13. The molecule has 0 saturated heterocycles. The molecule has 0 atom stereocenters. The first kappa shape index (κ1) is 19.4. The van der Waals surface area contributed by atoms with Gasteiger partial charge in [-0.15, -0.1) is 11.3 Å². The third kappa shape index (κ3) is 4.25. The van der Waals surface area contributed by atoms with Crippen molar-refractivity contribution in [2.45, 2.75) is 26.2 Å². The van der Waals surface area contributed by atoms with Crippen LogP contribution in [0.2, 0.25) is 0 Å². The van der Waals surface area contributed by atoms with Crippen molar-refractivity contribution in [2.75, 3.05) is 19.0 Å². The molecule has 2 heterocycles. The van der Waals surface area contributed by atoms with E-state index in [9.17, 15) is 0 Å². The highest BCUT2D eigenvalue weighted by molar-refractivity contribution is 7.17. The average molecular weight is 404 g/mol. The number of hydrogen-bond donors (Lipinski definition) is 1. The average Bonchev–Trinajstić information content (AvgIpc) is 3.19. The molecule has 2 aromatic carbocycles. The van der Waals surface area contributed by atoms with Crippen LogP contribution in [0.3, 0.4) is 0 Å². The van der Waals surface area contributed by atoms with E-state index >= 15 is 0 Å². The third-order valence-electron chi connectivity index (χ3n) is 5.12. The molecule has 5 heteroatoms. The molecule has 0 unspecified atom stereocenters.